The fourth-order valence-electron chi connectivity index (χ4n) is 2.93. The van der Waals surface area contributed by atoms with Gasteiger partial charge in [-0.1, -0.05) is 30.2 Å². The first-order valence-corrected chi connectivity index (χ1v) is 10.4. The Hall–Kier alpha value is -2.09. The second-order valence-electron chi connectivity index (χ2n) is 6.15. The number of rotatable bonds is 5. The highest BCUT2D eigenvalue weighted by atomic mass is 35.5. The summed E-state index contributed by atoms with van der Waals surface area (Å²) in [5.41, 5.74) is 0.0980. The van der Waals surface area contributed by atoms with Crippen LogP contribution in [0.15, 0.2) is 47.4 Å². The highest BCUT2D eigenvalue weighted by molar-refractivity contribution is 7.89. The van der Waals surface area contributed by atoms with Gasteiger partial charge in [0.15, 0.2) is 11.5 Å². The molecule has 1 aliphatic heterocycles. The summed E-state index contributed by atoms with van der Waals surface area (Å²) in [6.07, 6.45) is 2.63. The summed E-state index contributed by atoms with van der Waals surface area (Å²) in [7, 11) is -2.29. The topological polar surface area (TPSA) is 72.9 Å². The van der Waals surface area contributed by atoms with Gasteiger partial charge in [-0.2, -0.15) is 4.31 Å². The third-order valence-corrected chi connectivity index (χ3v) is 6.75. The second-order valence-corrected chi connectivity index (χ2v) is 8.46. The lowest BCUT2D eigenvalue weighted by Gasteiger charge is -2.26. The Bertz CT molecular complexity index is 939. The summed E-state index contributed by atoms with van der Waals surface area (Å²) in [5, 5.41) is 0.0782. The average Bonchev–Trinajstić information content (AvgIpc) is 2.69. The Morgan fingerprint density at radius 2 is 1.70 bits per heavy atom. The van der Waals surface area contributed by atoms with Crippen LogP contribution in [-0.4, -0.2) is 38.9 Å². The zero-order valence-corrected chi connectivity index (χ0v) is 16.4. The lowest BCUT2D eigenvalue weighted by molar-refractivity contribution is 0.0729. The number of sulfonamides is 1. The molecule has 8 heteroatoms. The number of methoxy groups -OCH3 is 1. The van der Waals surface area contributed by atoms with Crippen LogP contribution >= 0.6 is 11.6 Å². The van der Waals surface area contributed by atoms with E-state index in [0.29, 0.717) is 18.8 Å². The van der Waals surface area contributed by atoms with Gasteiger partial charge in [-0.3, -0.25) is 0 Å². The van der Waals surface area contributed by atoms with Gasteiger partial charge in [-0.25, -0.2) is 13.2 Å². The summed E-state index contributed by atoms with van der Waals surface area (Å²) in [4.78, 5) is 12.4. The Labute approximate surface area is 163 Å². The van der Waals surface area contributed by atoms with E-state index in [4.69, 9.17) is 21.1 Å². The number of nitrogens with zero attached hydrogens (tertiary/aromatic N) is 1. The highest BCUT2D eigenvalue weighted by Crippen LogP contribution is 2.30. The monoisotopic (exact) mass is 409 g/mol. The van der Waals surface area contributed by atoms with Crippen molar-refractivity contribution in [3.63, 3.8) is 0 Å². The number of carbonyl (C=O) groups excluding carboxylic acids is 1. The van der Waals surface area contributed by atoms with E-state index < -0.39 is 16.0 Å². The van der Waals surface area contributed by atoms with E-state index in [2.05, 4.69) is 0 Å². The minimum Gasteiger partial charge on any atom is -0.493 e. The maximum atomic E-state index is 12.9. The van der Waals surface area contributed by atoms with E-state index in [9.17, 15) is 13.2 Å². The number of halogens is 1. The van der Waals surface area contributed by atoms with Crippen molar-refractivity contribution >= 4 is 27.6 Å². The Morgan fingerprint density at radius 3 is 2.37 bits per heavy atom. The molecule has 6 nitrogen and oxygen atoms in total. The van der Waals surface area contributed by atoms with E-state index in [1.807, 2.05) is 0 Å². The van der Waals surface area contributed by atoms with Crippen molar-refractivity contribution in [1.82, 2.24) is 4.31 Å². The highest BCUT2D eigenvalue weighted by Gasteiger charge is 2.29. The number of ether oxygens (including phenoxy) is 2. The first kappa shape index (κ1) is 19.7. The first-order chi connectivity index (χ1) is 12.9. The van der Waals surface area contributed by atoms with Gasteiger partial charge in [0.25, 0.3) is 0 Å². The Balaban J connectivity index is 1.89. The summed E-state index contributed by atoms with van der Waals surface area (Å²) in [6.45, 7) is 0.906. The molecule has 27 heavy (non-hydrogen) atoms. The van der Waals surface area contributed by atoms with Crippen LogP contribution in [0.1, 0.15) is 29.6 Å². The van der Waals surface area contributed by atoms with Crippen LogP contribution in [0.4, 0.5) is 0 Å². The molecule has 0 radical (unpaired) electrons. The van der Waals surface area contributed by atoms with Crippen molar-refractivity contribution in [3.8, 4) is 11.5 Å². The van der Waals surface area contributed by atoms with Crippen LogP contribution in [0, 0.1) is 0 Å². The van der Waals surface area contributed by atoms with Crippen molar-refractivity contribution < 1.29 is 22.7 Å². The fraction of sp³-hybridized carbons (Fsp3) is 0.316. The molecule has 3 rings (SSSR count). The molecule has 0 saturated carbocycles. The zero-order valence-electron chi connectivity index (χ0n) is 14.9. The lowest BCUT2D eigenvalue weighted by atomic mass is 10.2. The van der Waals surface area contributed by atoms with Crippen LogP contribution < -0.4 is 9.47 Å². The second kappa shape index (κ2) is 8.29. The maximum Gasteiger partial charge on any atom is 0.343 e. The molecular formula is C19H20ClNO5S. The zero-order chi connectivity index (χ0) is 19.4. The molecule has 1 fully saturated rings. The van der Waals surface area contributed by atoms with E-state index >= 15 is 0 Å². The van der Waals surface area contributed by atoms with Gasteiger partial charge in [0.05, 0.1) is 17.7 Å². The lowest BCUT2D eigenvalue weighted by Crippen LogP contribution is -2.35. The number of hydrogen-bond donors (Lipinski definition) is 0. The van der Waals surface area contributed by atoms with Gasteiger partial charge >= 0.3 is 5.97 Å². The molecule has 0 atom stereocenters. The summed E-state index contributed by atoms with van der Waals surface area (Å²) < 4.78 is 37.7. The van der Waals surface area contributed by atoms with Crippen molar-refractivity contribution in [3.05, 3.63) is 53.1 Å². The summed E-state index contributed by atoms with van der Waals surface area (Å²) in [5.74, 6) is -0.0346. The van der Waals surface area contributed by atoms with Gasteiger partial charge in [0.2, 0.25) is 10.0 Å². The predicted octanol–water partition coefficient (Wildman–Crippen LogP) is 3.74. The Morgan fingerprint density at radius 1 is 1.04 bits per heavy atom. The molecule has 0 spiro atoms. The van der Waals surface area contributed by atoms with Crippen molar-refractivity contribution in [1.29, 1.82) is 0 Å². The van der Waals surface area contributed by atoms with E-state index in [0.717, 1.165) is 19.3 Å². The number of hydrogen-bond acceptors (Lipinski definition) is 5. The molecule has 0 amide bonds. The predicted molar refractivity (Wildman–Crippen MR) is 102 cm³/mol. The summed E-state index contributed by atoms with van der Waals surface area (Å²) in [6, 6.07) is 10.8. The standard InChI is InChI=1S/C19H20ClNO5S/c1-25-16-7-3-4-8-17(16)26-19(22)14-9-10-15(20)18(13-14)27(23,24)21-11-5-2-6-12-21/h3-4,7-10,13H,2,5-6,11-12H2,1H3. The van der Waals surface area contributed by atoms with Crippen LogP contribution in [0.5, 0.6) is 11.5 Å². The molecule has 1 heterocycles. The molecular weight excluding hydrogens is 390 g/mol. The minimum atomic E-state index is -3.77. The molecule has 0 aromatic heterocycles. The van der Waals surface area contributed by atoms with E-state index in [1.165, 1.54) is 29.6 Å². The van der Waals surface area contributed by atoms with Gasteiger partial charge in [0, 0.05) is 13.1 Å². The Kier molecular flexibility index (Phi) is 6.04. The van der Waals surface area contributed by atoms with Crippen molar-refractivity contribution in [2.75, 3.05) is 20.2 Å². The maximum absolute atomic E-state index is 12.9. The third-order valence-electron chi connectivity index (χ3n) is 4.37. The van der Waals surface area contributed by atoms with Crippen LogP contribution in [0.25, 0.3) is 0 Å². The number of benzene rings is 2. The van der Waals surface area contributed by atoms with Crippen LogP contribution in [-0.2, 0) is 10.0 Å². The molecule has 0 aliphatic carbocycles. The number of para-hydroxylation sites is 2. The van der Waals surface area contributed by atoms with Gasteiger partial charge in [-0.15, -0.1) is 0 Å². The smallest absolute Gasteiger partial charge is 0.343 e. The fourth-order valence-corrected chi connectivity index (χ4v) is 4.95. The third kappa shape index (κ3) is 4.26. The van der Waals surface area contributed by atoms with E-state index in [-0.39, 0.29) is 21.2 Å². The van der Waals surface area contributed by atoms with Crippen LogP contribution in [0.3, 0.4) is 0 Å². The largest absolute Gasteiger partial charge is 0.493 e. The SMILES string of the molecule is COc1ccccc1OC(=O)c1ccc(Cl)c(S(=O)(=O)N2CCCCC2)c1. The number of carbonyl (C=O) groups is 1. The van der Waals surface area contributed by atoms with Gasteiger partial charge < -0.3 is 9.47 Å². The molecule has 0 bridgehead atoms. The van der Waals surface area contributed by atoms with Gasteiger partial charge in [0.1, 0.15) is 4.90 Å². The summed E-state index contributed by atoms with van der Waals surface area (Å²) >= 11 is 6.13. The molecule has 2 aromatic carbocycles. The number of esters is 1. The average molecular weight is 410 g/mol. The molecule has 1 aliphatic rings. The van der Waals surface area contributed by atoms with E-state index in [1.54, 1.807) is 24.3 Å². The van der Waals surface area contributed by atoms with Crippen LogP contribution in [0.2, 0.25) is 5.02 Å². The van der Waals surface area contributed by atoms with Gasteiger partial charge in [-0.05, 0) is 43.2 Å². The minimum absolute atomic E-state index is 0.0782. The molecule has 2 aromatic rings. The molecule has 0 unspecified atom stereocenters. The molecule has 1 saturated heterocycles. The number of piperidine rings is 1. The van der Waals surface area contributed by atoms with Crippen molar-refractivity contribution in [2.24, 2.45) is 0 Å². The van der Waals surface area contributed by atoms with Crippen molar-refractivity contribution in [2.45, 2.75) is 24.2 Å². The molecule has 0 N–H and O–H groups in total. The first-order valence-electron chi connectivity index (χ1n) is 8.58. The normalized spacial score (nSPS) is 15.3. The quantitative estimate of drug-likeness (QED) is 0.555. The molecule has 144 valence electrons.